The van der Waals surface area contributed by atoms with E-state index in [4.69, 9.17) is 0 Å². The first kappa shape index (κ1) is 26.9. The number of aryl methyl sites for hydroxylation is 1. The van der Waals surface area contributed by atoms with Crippen molar-refractivity contribution in [2.45, 2.75) is 46.6 Å². The van der Waals surface area contributed by atoms with Crippen LogP contribution in [0.15, 0.2) is 36.8 Å². The smallest absolute Gasteiger partial charge is 0.256 e. The molecule has 6 rings (SSSR count). The number of piperidine rings is 1. The second kappa shape index (κ2) is 10.3. The third-order valence-corrected chi connectivity index (χ3v) is 9.69. The largest absolute Gasteiger partial charge is 0.342 e. The number of amides is 2. The summed E-state index contributed by atoms with van der Waals surface area (Å²) in [6.07, 6.45) is 8.01. The summed E-state index contributed by atoms with van der Waals surface area (Å²) in [6, 6.07) is 4.48. The maximum Gasteiger partial charge on any atom is 0.256 e. The van der Waals surface area contributed by atoms with Gasteiger partial charge in [0.1, 0.15) is 5.82 Å². The van der Waals surface area contributed by atoms with Crippen molar-refractivity contribution in [2.24, 2.45) is 23.7 Å². The lowest BCUT2D eigenvalue weighted by Gasteiger charge is -2.23. The van der Waals surface area contributed by atoms with Crippen LogP contribution >= 0.6 is 0 Å². The molecule has 1 saturated carbocycles. The molecule has 3 fully saturated rings. The molecule has 0 unspecified atom stereocenters. The summed E-state index contributed by atoms with van der Waals surface area (Å²) in [4.78, 5) is 35.8. The van der Waals surface area contributed by atoms with E-state index in [1.165, 1.54) is 23.1 Å². The molecule has 0 N–H and O–H groups in total. The fourth-order valence-electron chi connectivity index (χ4n) is 7.14. The number of benzene rings is 1. The molecule has 0 spiro atoms. The number of likely N-dealkylation sites (tertiary alicyclic amines) is 2. The molecule has 2 aliphatic heterocycles. The molecule has 3 aromatic rings. The van der Waals surface area contributed by atoms with Gasteiger partial charge in [0.25, 0.3) is 5.91 Å². The van der Waals surface area contributed by atoms with Crippen molar-refractivity contribution in [1.82, 2.24) is 24.3 Å². The van der Waals surface area contributed by atoms with Crippen molar-refractivity contribution >= 4 is 22.7 Å². The zero-order chi connectivity index (χ0) is 28.3. The van der Waals surface area contributed by atoms with E-state index in [0.29, 0.717) is 29.0 Å². The molecule has 4 atom stereocenters. The number of carbonyl (C=O) groups is 2. The fourth-order valence-corrected chi connectivity index (χ4v) is 7.14. The minimum Gasteiger partial charge on any atom is -0.342 e. The highest BCUT2D eigenvalue weighted by Crippen LogP contribution is 2.52. The SMILES string of the molecule is CC(=O)N1C[C@@H]2[C@H](CN3CC[C@@H](Cc4cn(-c5ccc(F)cc5C(=O)N(C)C(C)C)c5cncc(C)c45)C3)[C@@H]2C1. The molecule has 1 aromatic carbocycles. The first-order chi connectivity index (χ1) is 19.1. The number of pyridine rings is 1. The lowest BCUT2D eigenvalue weighted by Crippen LogP contribution is -2.33. The normalized spacial score (nSPS) is 24.2. The summed E-state index contributed by atoms with van der Waals surface area (Å²) in [5, 5.41) is 1.18. The average molecular weight is 546 g/mol. The molecule has 212 valence electrons. The van der Waals surface area contributed by atoms with E-state index < -0.39 is 5.82 Å². The number of nitrogens with zero attached hydrogens (tertiary/aromatic N) is 5. The Bertz CT molecular complexity index is 1450. The molecule has 3 aliphatic rings. The molecule has 1 aliphatic carbocycles. The van der Waals surface area contributed by atoms with Crippen molar-refractivity contribution in [3.8, 4) is 5.69 Å². The van der Waals surface area contributed by atoms with Gasteiger partial charge in [-0.25, -0.2) is 4.39 Å². The van der Waals surface area contributed by atoms with Gasteiger partial charge in [0, 0.05) is 64.0 Å². The highest BCUT2D eigenvalue weighted by Gasteiger charge is 2.56. The van der Waals surface area contributed by atoms with E-state index in [2.05, 4.69) is 23.0 Å². The quantitative estimate of drug-likeness (QED) is 0.437. The van der Waals surface area contributed by atoms with Crippen LogP contribution in [0.4, 0.5) is 4.39 Å². The number of aromatic nitrogens is 2. The van der Waals surface area contributed by atoms with E-state index in [-0.39, 0.29) is 17.9 Å². The van der Waals surface area contributed by atoms with Crippen LogP contribution < -0.4 is 0 Å². The van der Waals surface area contributed by atoms with Crippen LogP contribution in [0.25, 0.3) is 16.6 Å². The summed E-state index contributed by atoms with van der Waals surface area (Å²) < 4.78 is 16.4. The van der Waals surface area contributed by atoms with Crippen LogP contribution in [0.3, 0.4) is 0 Å². The second-order valence-electron chi connectivity index (χ2n) is 12.6. The molecule has 2 saturated heterocycles. The predicted octanol–water partition coefficient (Wildman–Crippen LogP) is 4.54. The standard InChI is InChI=1S/C32H40FN5O2/c1-19(2)35(5)32(40)25-11-24(33)6-7-29(25)38-15-23(31-20(3)12-34-13-30(31)38)10-22-8-9-36(14-22)16-26-27-17-37(21(4)39)18-28(26)27/h6-7,11-13,15,19,22,26-28H,8-10,14,16-18H2,1-5H3/t22-,26-,27+,28-/m0/s1. The van der Waals surface area contributed by atoms with Gasteiger partial charge >= 0.3 is 0 Å². The molecule has 8 heteroatoms. The molecule has 2 aromatic heterocycles. The molecule has 2 amide bonds. The maximum absolute atomic E-state index is 14.4. The van der Waals surface area contributed by atoms with Crippen molar-refractivity contribution in [3.63, 3.8) is 0 Å². The van der Waals surface area contributed by atoms with Gasteiger partial charge in [-0.05, 0) is 93.2 Å². The number of hydrogen-bond acceptors (Lipinski definition) is 4. The van der Waals surface area contributed by atoms with E-state index >= 15 is 0 Å². The minimum atomic E-state index is -0.421. The molecule has 7 nitrogen and oxygen atoms in total. The maximum atomic E-state index is 14.4. The lowest BCUT2D eigenvalue weighted by molar-refractivity contribution is -0.128. The van der Waals surface area contributed by atoms with E-state index in [9.17, 15) is 14.0 Å². The third-order valence-electron chi connectivity index (χ3n) is 9.69. The number of fused-ring (bicyclic) bond motifs is 2. The highest BCUT2D eigenvalue weighted by molar-refractivity contribution is 5.99. The van der Waals surface area contributed by atoms with Crippen LogP contribution in [0.2, 0.25) is 0 Å². The van der Waals surface area contributed by atoms with Gasteiger partial charge in [0.2, 0.25) is 5.91 Å². The summed E-state index contributed by atoms with van der Waals surface area (Å²) in [7, 11) is 1.76. The fraction of sp³-hybridized carbons (Fsp3) is 0.531. The third kappa shape index (κ3) is 4.80. The Kier molecular flexibility index (Phi) is 6.93. The lowest BCUT2D eigenvalue weighted by atomic mass is 9.97. The Morgan fingerprint density at radius 3 is 2.60 bits per heavy atom. The van der Waals surface area contributed by atoms with Crippen LogP contribution in [0.5, 0.6) is 0 Å². The Balaban J connectivity index is 1.23. The van der Waals surface area contributed by atoms with Crippen LogP contribution in [0, 0.1) is 36.4 Å². The average Bonchev–Trinajstić information content (AvgIpc) is 3.34. The molecular formula is C32H40FN5O2. The van der Waals surface area contributed by atoms with E-state index in [1.807, 2.05) is 35.7 Å². The van der Waals surface area contributed by atoms with Crippen LogP contribution in [0.1, 0.15) is 48.7 Å². The number of halogens is 1. The number of carbonyl (C=O) groups excluding carboxylic acids is 2. The Morgan fingerprint density at radius 1 is 1.15 bits per heavy atom. The Hall–Kier alpha value is -3.26. The molecule has 40 heavy (non-hydrogen) atoms. The Labute approximate surface area is 235 Å². The van der Waals surface area contributed by atoms with Crippen LogP contribution in [-0.4, -0.2) is 81.9 Å². The molecule has 0 bridgehead atoms. The van der Waals surface area contributed by atoms with E-state index in [0.717, 1.165) is 62.6 Å². The summed E-state index contributed by atoms with van der Waals surface area (Å²) in [5.41, 5.74) is 4.33. The zero-order valence-electron chi connectivity index (χ0n) is 24.2. The highest BCUT2D eigenvalue weighted by atomic mass is 19.1. The van der Waals surface area contributed by atoms with Gasteiger partial charge < -0.3 is 19.3 Å². The van der Waals surface area contributed by atoms with Gasteiger partial charge in [-0.3, -0.25) is 14.6 Å². The summed E-state index contributed by atoms with van der Waals surface area (Å²) in [6.45, 7) is 12.9. The van der Waals surface area contributed by atoms with Gasteiger partial charge in [-0.1, -0.05) is 0 Å². The minimum absolute atomic E-state index is 0.00177. The second-order valence-corrected chi connectivity index (χ2v) is 12.6. The number of rotatable bonds is 7. The van der Waals surface area contributed by atoms with Crippen molar-refractivity contribution in [1.29, 1.82) is 0 Å². The van der Waals surface area contributed by atoms with Gasteiger partial charge in [0.15, 0.2) is 0 Å². The molecule has 4 heterocycles. The monoisotopic (exact) mass is 545 g/mol. The van der Waals surface area contributed by atoms with Crippen molar-refractivity contribution in [2.75, 3.05) is 39.8 Å². The molecular weight excluding hydrogens is 505 g/mol. The Morgan fingerprint density at radius 2 is 1.90 bits per heavy atom. The predicted molar refractivity (Wildman–Crippen MR) is 154 cm³/mol. The zero-order valence-corrected chi connectivity index (χ0v) is 24.2. The first-order valence-electron chi connectivity index (χ1n) is 14.6. The van der Waals surface area contributed by atoms with Gasteiger partial charge in [-0.15, -0.1) is 0 Å². The van der Waals surface area contributed by atoms with Crippen LogP contribution in [-0.2, 0) is 11.2 Å². The summed E-state index contributed by atoms with van der Waals surface area (Å²) >= 11 is 0. The first-order valence-corrected chi connectivity index (χ1v) is 14.6. The van der Waals surface area contributed by atoms with E-state index in [1.54, 1.807) is 24.9 Å². The topological polar surface area (TPSA) is 61.7 Å². The van der Waals surface area contributed by atoms with Crippen molar-refractivity contribution in [3.05, 3.63) is 59.3 Å². The van der Waals surface area contributed by atoms with Crippen molar-refractivity contribution < 1.29 is 14.0 Å². The van der Waals surface area contributed by atoms with Gasteiger partial charge in [0.05, 0.1) is 23.0 Å². The number of hydrogen-bond donors (Lipinski definition) is 0. The molecule has 0 radical (unpaired) electrons. The summed E-state index contributed by atoms with van der Waals surface area (Å²) in [5.74, 6) is 2.27. The van der Waals surface area contributed by atoms with Gasteiger partial charge in [-0.2, -0.15) is 0 Å².